The second-order valence-electron chi connectivity index (χ2n) is 4.59. The SMILES string of the molecule is O=C(NC1(CO)CCCCC1)c1csc(Br)c1. The van der Waals surface area contributed by atoms with E-state index < -0.39 is 5.54 Å². The maximum atomic E-state index is 12.1. The normalized spacial score (nSPS) is 18.9. The van der Waals surface area contributed by atoms with Gasteiger partial charge in [0.1, 0.15) is 0 Å². The molecule has 0 bridgehead atoms. The van der Waals surface area contributed by atoms with Crippen molar-refractivity contribution < 1.29 is 9.90 Å². The molecule has 1 heterocycles. The highest BCUT2D eigenvalue weighted by atomic mass is 79.9. The number of rotatable bonds is 3. The first kappa shape index (κ1) is 13.1. The van der Waals surface area contributed by atoms with Crippen LogP contribution in [0.2, 0.25) is 0 Å². The van der Waals surface area contributed by atoms with Gasteiger partial charge in [-0.2, -0.15) is 0 Å². The van der Waals surface area contributed by atoms with E-state index in [2.05, 4.69) is 21.2 Å². The van der Waals surface area contributed by atoms with E-state index in [-0.39, 0.29) is 12.5 Å². The summed E-state index contributed by atoms with van der Waals surface area (Å²) in [5, 5.41) is 14.4. The Labute approximate surface area is 113 Å². The van der Waals surface area contributed by atoms with Crippen LogP contribution in [0.4, 0.5) is 0 Å². The molecule has 0 saturated heterocycles. The van der Waals surface area contributed by atoms with Gasteiger partial charge in [-0.25, -0.2) is 0 Å². The number of hydrogen-bond donors (Lipinski definition) is 2. The average Bonchev–Trinajstić information content (AvgIpc) is 2.77. The van der Waals surface area contributed by atoms with E-state index in [0.29, 0.717) is 5.56 Å². The number of amides is 1. The quantitative estimate of drug-likeness (QED) is 0.900. The third-order valence-corrected chi connectivity index (χ3v) is 4.83. The van der Waals surface area contributed by atoms with Crippen LogP contribution in [-0.2, 0) is 0 Å². The van der Waals surface area contributed by atoms with Gasteiger partial charge in [-0.05, 0) is 34.8 Å². The van der Waals surface area contributed by atoms with E-state index in [0.717, 1.165) is 29.5 Å². The lowest BCUT2D eigenvalue weighted by Gasteiger charge is -2.36. The Kier molecular flexibility index (Phi) is 4.22. The summed E-state index contributed by atoms with van der Waals surface area (Å²) in [7, 11) is 0. The summed E-state index contributed by atoms with van der Waals surface area (Å²) in [5.41, 5.74) is 0.268. The lowest BCUT2D eigenvalue weighted by atomic mass is 9.82. The molecule has 1 saturated carbocycles. The van der Waals surface area contributed by atoms with Gasteiger partial charge in [0.2, 0.25) is 0 Å². The number of aliphatic hydroxyl groups is 1. The molecule has 17 heavy (non-hydrogen) atoms. The maximum absolute atomic E-state index is 12.1. The van der Waals surface area contributed by atoms with Crippen LogP contribution in [0.15, 0.2) is 15.2 Å². The lowest BCUT2D eigenvalue weighted by Crippen LogP contribution is -2.52. The number of carbonyl (C=O) groups excluding carboxylic acids is 1. The topological polar surface area (TPSA) is 49.3 Å². The van der Waals surface area contributed by atoms with Gasteiger partial charge < -0.3 is 10.4 Å². The Morgan fingerprint density at radius 1 is 1.47 bits per heavy atom. The molecule has 0 unspecified atom stereocenters. The van der Waals surface area contributed by atoms with Gasteiger partial charge in [0, 0.05) is 5.38 Å². The Morgan fingerprint density at radius 3 is 2.71 bits per heavy atom. The monoisotopic (exact) mass is 317 g/mol. The Bertz CT molecular complexity index is 399. The number of nitrogens with one attached hydrogen (secondary N) is 1. The van der Waals surface area contributed by atoms with Crippen molar-refractivity contribution in [3.05, 3.63) is 20.8 Å². The van der Waals surface area contributed by atoms with Crippen molar-refractivity contribution >= 4 is 33.2 Å². The van der Waals surface area contributed by atoms with Gasteiger partial charge >= 0.3 is 0 Å². The molecule has 0 radical (unpaired) electrons. The largest absolute Gasteiger partial charge is 0.394 e. The van der Waals surface area contributed by atoms with Crippen LogP contribution in [0, 0.1) is 0 Å². The molecule has 1 fully saturated rings. The summed E-state index contributed by atoms with van der Waals surface area (Å²) in [6.07, 6.45) is 5.10. The second kappa shape index (κ2) is 5.50. The zero-order valence-electron chi connectivity index (χ0n) is 9.54. The first-order chi connectivity index (χ1) is 8.15. The first-order valence-electron chi connectivity index (χ1n) is 5.83. The van der Waals surface area contributed by atoms with E-state index >= 15 is 0 Å². The molecule has 1 aliphatic carbocycles. The number of aliphatic hydroxyl groups excluding tert-OH is 1. The summed E-state index contributed by atoms with van der Waals surface area (Å²) in [5.74, 6) is -0.0806. The second-order valence-corrected chi connectivity index (χ2v) is 6.88. The van der Waals surface area contributed by atoms with E-state index in [1.807, 2.05) is 11.4 Å². The van der Waals surface area contributed by atoms with E-state index in [1.165, 1.54) is 17.8 Å². The predicted molar refractivity (Wildman–Crippen MR) is 72.4 cm³/mol. The minimum absolute atomic E-state index is 0.0318. The number of thiophene rings is 1. The van der Waals surface area contributed by atoms with Gasteiger partial charge in [0.25, 0.3) is 5.91 Å². The fraction of sp³-hybridized carbons (Fsp3) is 0.583. The van der Waals surface area contributed by atoms with Crippen LogP contribution in [0.1, 0.15) is 42.5 Å². The molecule has 2 rings (SSSR count). The minimum Gasteiger partial charge on any atom is -0.394 e. The average molecular weight is 318 g/mol. The number of carbonyl (C=O) groups is 1. The molecule has 0 atom stereocenters. The molecule has 2 N–H and O–H groups in total. The number of hydrogen-bond acceptors (Lipinski definition) is 3. The summed E-state index contributed by atoms with van der Waals surface area (Å²) in [6.45, 7) is 0.0318. The highest BCUT2D eigenvalue weighted by Gasteiger charge is 2.33. The van der Waals surface area contributed by atoms with Crippen LogP contribution in [0.25, 0.3) is 0 Å². The molecule has 0 aliphatic heterocycles. The summed E-state index contributed by atoms with van der Waals surface area (Å²) in [4.78, 5) is 12.1. The van der Waals surface area contributed by atoms with Crippen molar-refractivity contribution in [3.63, 3.8) is 0 Å². The van der Waals surface area contributed by atoms with E-state index in [4.69, 9.17) is 0 Å². The zero-order chi connectivity index (χ0) is 12.3. The van der Waals surface area contributed by atoms with Crippen LogP contribution >= 0.6 is 27.3 Å². The molecule has 1 aliphatic rings. The molecule has 5 heteroatoms. The predicted octanol–water partition coefficient (Wildman–Crippen LogP) is 2.94. The van der Waals surface area contributed by atoms with Crippen molar-refractivity contribution in [2.75, 3.05) is 6.61 Å². The van der Waals surface area contributed by atoms with Crippen LogP contribution < -0.4 is 5.32 Å². The third-order valence-electron chi connectivity index (χ3n) is 3.32. The molecule has 0 spiro atoms. The fourth-order valence-electron chi connectivity index (χ4n) is 2.29. The standard InChI is InChI=1S/C12H16BrNO2S/c13-10-6-9(7-17-10)11(16)14-12(8-15)4-2-1-3-5-12/h6-7,15H,1-5,8H2,(H,14,16). The zero-order valence-corrected chi connectivity index (χ0v) is 11.9. The third kappa shape index (κ3) is 3.09. The molecule has 1 aromatic heterocycles. The molecule has 3 nitrogen and oxygen atoms in total. The maximum Gasteiger partial charge on any atom is 0.252 e. The highest BCUT2D eigenvalue weighted by molar-refractivity contribution is 9.11. The van der Waals surface area contributed by atoms with Crippen molar-refractivity contribution in [1.82, 2.24) is 5.32 Å². The Morgan fingerprint density at radius 2 is 2.18 bits per heavy atom. The van der Waals surface area contributed by atoms with Crippen LogP contribution in [0.3, 0.4) is 0 Å². The molecular formula is C12H16BrNO2S. The van der Waals surface area contributed by atoms with Crippen molar-refractivity contribution in [1.29, 1.82) is 0 Å². The summed E-state index contributed by atoms with van der Waals surface area (Å²) < 4.78 is 0.948. The van der Waals surface area contributed by atoms with Crippen molar-refractivity contribution in [2.45, 2.75) is 37.6 Å². The molecule has 94 valence electrons. The van der Waals surface area contributed by atoms with E-state index in [9.17, 15) is 9.90 Å². The van der Waals surface area contributed by atoms with Gasteiger partial charge in [0.05, 0.1) is 21.5 Å². The lowest BCUT2D eigenvalue weighted by molar-refractivity contribution is 0.0759. The van der Waals surface area contributed by atoms with Crippen molar-refractivity contribution in [2.24, 2.45) is 0 Å². The Hall–Kier alpha value is -0.390. The highest BCUT2D eigenvalue weighted by Crippen LogP contribution is 2.28. The summed E-state index contributed by atoms with van der Waals surface area (Å²) in [6, 6.07) is 1.81. The fourth-order valence-corrected chi connectivity index (χ4v) is 3.43. The van der Waals surface area contributed by atoms with Gasteiger partial charge in [0.15, 0.2) is 0 Å². The van der Waals surface area contributed by atoms with Crippen LogP contribution in [-0.4, -0.2) is 23.2 Å². The molecule has 1 amide bonds. The van der Waals surface area contributed by atoms with E-state index in [1.54, 1.807) is 0 Å². The van der Waals surface area contributed by atoms with Gasteiger partial charge in [-0.3, -0.25) is 4.79 Å². The van der Waals surface area contributed by atoms with Crippen LogP contribution in [0.5, 0.6) is 0 Å². The number of halogens is 1. The Balaban J connectivity index is 2.05. The van der Waals surface area contributed by atoms with Crippen molar-refractivity contribution in [3.8, 4) is 0 Å². The smallest absolute Gasteiger partial charge is 0.252 e. The molecular weight excluding hydrogens is 302 g/mol. The molecule has 0 aromatic carbocycles. The molecule has 1 aromatic rings. The summed E-state index contributed by atoms with van der Waals surface area (Å²) >= 11 is 4.84. The van der Waals surface area contributed by atoms with Gasteiger partial charge in [-0.1, -0.05) is 19.3 Å². The van der Waals surface area contributed by atoms with Gasteiger partial charge in [-0.15, -0.1) is 11.3 Å². The minimum atomic E-state index is -0.399. The first-order valence-corrected chi connectivity index (χ1v) is 7.50.